The zero-order valence-corrected chi connectivity index (χ0v) is 4.73. The second-order valence-electron chi connectivity index (χ2n) is 1.33. The lowest BCUT2D eigenvalue weighted by Crippen LogP contribution is -2.04. The maximum absolute atomic E-state index is 5.22. The summed E-state index contributed by atoms with van der Waals surface area (Å²) >= 11 is 0. The zero-order valence-electron chi connectivity index (χ0n) is 4.73. The highest BCUT2D eigenvalue weighted by molar-refractivity contribution is 5.96. The van der Waals surface area contributed by atoms with E-state index in [1.54, 1.807) is 7.05 Å². The first-order valence-electron chi connectivity index (χ1n) is 2.06. The van der Waals surface area contributed by atoms with Gasteiger partial charge < -0.3 is 5.73 Å². The minimum Gasteiger partial charge on any atom is -0.398 e. The van der Waals surface area contributed by atoms with Crippen LogP contribution in [0.4, 0.5) is 0 Å². The van der Waals surface area contributed by atoms with Gasteiger partial charge >= 0.3 is 0 Å². The summed E-state index contributed by atoms with van der Waals surface area (Å²) in [4.78, 5) is 3.78. The van der Waals surface area contributed by atoms with Crippen molar-refractivity contribution in [3.63, 3.8) is 0 Å². The lowest BCUT2D eigenvalue weighted by molar-refractivity contribution is 1.37. The molecule has 0 saturated heterocycles. The summed E-state index contributed by atoms with van der Waals surface area (Å²) in [5, 5.41) is 0. The van der Waals surface area contributed by atoms with Gasteiger partial charge in [0.25, 0.3) is 0 Å². The molecule has 2 heteroatoms. The van der Waals surface area contributed by atoms with Crippen molar-refractivity contribution in [2.45, 2.75) is 6.92 Å². The molecule has 0 atom stereocenters. The van der Waals surface area contributed by atoms with Crippen LogP contribution in [0.1, 0.15) is 6.92 Å². The summed E-state index contributed by atoms with van der Waals surface area (Å²) in [6.45, 7) is 5.29. The molecule has 0 heterocycles. The SMILES string of the molecule is C=C(N)/C(C)=N/C. The Morgan fingerprint density at radius 2 is 2.14 bits per heavy atom. The van der Waals surface area contributed by atoms with E-state index >= 15 is 0 Å². The third kappa shape index (κ3) is 1.98. The molecule has 40 valence electrons. The molecule has 0 bridgehead atoms. The van der Waals surface area contributed by atoms with E-state index in [-0.39, 0.29) is 0 Å². The first-order chi connectivity index (χ1) is 3.18. The Hall–Kier alpha value is -0.790. The van der Waals surface area contributed by atoms with Crippen LogP contribution in [0.25, 0.3) is 0 Å². The van der Waals surface area contributed by atoms with Crippen LogP contribution in [0.3, 0.4) is 0 Å². The van der Waals surface area contributed by atoms with Gasteiger partial charge in [-0.25, -0.2) is 0 Å². The molecule has 0 amide bonds. The molecule has 0 aliphatic carbocycles. The molecule has 0 unspecified atom stereocenters. The van der Waals surface area contributed by atoms with Gasteiger partial charge in [-0.1, -0.05) is 6.58 Å². The van der Waals surface area contributed by atoms with E-state index in [2.05, 4.69) is 11.6 Å². The molecule has 0 fully saturated rings. The minimum absolute atomic E-state index is 0.544. The molecule has 0 aliphatic rings. The number of nitrogens with zero attached hydrogens (tertiary/aromatic N) is 1. The van der Waals surface area contributed by atoms with Crippen LogP contribution in [0.5, 0.6) is 0 Å². The Morgan fingerprint density at radius 1 is 1.71 bits per heavy atom. The molecule has 0 aromatic carbocycles. The van der Waals surface area contributed by atoms with Crippen molar-refractivity contribution in [2.75, 3.05) is 7.05 Å². The van der Waals surface area contributed by atoms with Crippen molar-refractivity contribution in [1.82, 2.24) is 0 Å². The number of rotatable bonds is 1. The number of hydrogen-bond acceptors (Lipinski definition) is 2. The van der Waals surface area contributed by atoms with Gasteiger partial charge in [-0.05, 0) is 6.92 Å². The van der Waals surface area contributed by atoms with E-state index < -0.39 is 0 Å². The van der Waals surface area contributed by atoms with Gasteiger partial charge in [-0.3, -0.25) is 4.99 Å². The summed E-state index contributed by atoms with van der Waals surface area (Å²) in [7, 11) is 1.69. The zero-order chi connectivity index (χ0) is 5.86. The number of allylic oxidation sites excluding steroid dienone is 1. The smallest absolute Gasteiger partial charge is 0.0536 e. The Balaban J connectivity index is 3.82. The van der Waals surface area contributed by atoms with Crippen LogP contribution in [-0.4, -0.2) is 12.8 Å². The van der Waals surface area contributed by atoms with E-state index in [9.17, 15) is 0 Å². The summed E-state index contributed by atoms with van der Waals surface area (Å²) < 4.78 is 0. The Morgan fingerprint density at radius 3 is 2.14 bits per heavy atom. The Labute approximate surface area is 43.7 Å². The van der Waals surface area contributed by atoms with Gasteiger partial charge in [-0.2, -0.15) is 0 Å². The van der Waals surface area contributed by atoms with Gasteiger partial charge in [0.2, 0.25) is 0 Å². The van der Waals surface area contributed by atoms with Crippen molar-refractivity contribution in [2.24, 2.45) is 10.7 Å². The van der Waals surface area contributed by atoms with Gasteiger partial charge in [0.1, 0.15) is 0 Å². The van der Waals surface area contributed by atoms with Crippen LogP contribution >= 0.6 is 0 Å². The van der Waals surface area contributed by atoms with Crippen molar-refractivity contribution in [3.8, 4) is 0 Å². The molecule has 0 aromatic heterocycles. The molecular weight excluding hydrogens is 88.1 g/mol. The molecule has 7 heavy (non-hydrogen) atoms. The van der Waals surface area contributed by atoms with Crippen LogP contribution in [0, 0.1) is 0 Å². The van der Waals surface area contributed by atoms with E-state index in [0.717, 1.165) is 5.71 Å². The van der Waals surface area contributed by atoms with Crippen LogP contribution in [0.2, 0.25) is 0 Å². The molecule has 0 saturated carbocycles. The lowest BCUT2D eigenvalue weighted by Gasteiger charge is -1.91. The highest BCUT2D eigenvalue weighted by Gasteiger charge is 1.84. The third-order valence-corrected chi connectivity index (χ3v) is 0.800. The molecule has 0 aromatic rings. The normalized spacial score (nSPS) is 11.4. The molecule has 2 nitrogen and oxygen atoms in total. The average Bonchev–Trinajstić information content (AvgIpc) is 1.65. The quantitative estimate of drug-likeness (QED) is 0.478. The second-order valence-corrected chi connectivity index (χ2v) is 1.33. The maximum Gasteiger partial charge on any atom is 0.0536 e. The summed E-state index contributed by atoms with van der Waals surface area (Å²) in [5.41, 5.74) is 6.57. The summed E-state index contributed by atoms with van der Waals surface area (Å²) in [6.07, 6.45) is 0. The van der Waals surface area contributed by atoms with E-state index in [0.29, 0.717) is 5.70 Å². The van der Waals surface area contributed by atoms with Gasteiger partial charge in [0, 0.05) is 12.7 Å². The first kappa shape index (κ1) is 6.21. The van der Waals surface area contributed by atoms with Crippen LogP contribution in [0.15, 0.2) is 17.3 Å². The monoisotopic (exact) mass is 98.1 g/mol. The fraction of sp³-hybridized carbons (Fsp3) is 0.400. The van der Waals surface area contributed by atoms with Gasteiger partial charge in [0.15, 0.2) is 0 Å². The largest absolute Gasteiger partial charge is 0.398 e. The van der Waals surface area contributed by atoms with E-state index in [1.165, 1.54) is 0 Å². The van der Waals surface area contributed by atoms with E-state index in [4.69, 9.17) is 5.73 Å². The summed E-state index contributed by atoms with van der Waals surface area (Å²) in [6, 6.07) is 0. The first-order valence-corrected chi connectivity index (χ1v) is 2.06. The molecular formula is C5H10N2. The van der Waals surface area contributed by atoms with Crippen molar-refractivity contribution in [3.05, 3.63) is 12.3 Å². The van der Waals surface area contributed by atoms with Gasteiger partial charge in [0.05, 0.1) is 5.71 Å². The molecule has 0 rings (SSSR count). The third-order valence-electron chi connectivity index (χ3n) is 0.800. The minimum atomic E-state index is 0.544. The highest BCUT2D eigenvalue weighted by atomic mass is 14.7. The molecule has 0 spiro atoms. The number of aliphatic imine (C=N–C) groups is 1. The van der Waals surface area contributed by atoms with Crippen LogP contribution in [-0.2, 0) is 0 Å². The standard InChI is InChI=1S/C5H10N2/c1-4(6)5(2)7-3/h1,6H2,2-3H3/b7-5+. The maximum atomic E-state index is 5.22. The Bertz CT molecular complexity index is 103. The van der Waals surface area contributed by atoms with Crippen LogP contribution < -0.4 is 5.73 Å². The topological polar surface area (TPSA) is 38.4 Å². The van der Waals surface area contributed by atoms with Crippen molar-refractivity contribution in [1.29, 1.82) is 0 Å². The van der Waals surface area contributed by atoms with Crippen molar-refractivity contribution >= 4 is 5.71 Å². The molecule has 0 aliphatic heterocycles. The lowest BCUT2D eigenvalue weighted by atomic mass is 10.3. The molecule has 0 radical (unpaired) electrons. The summed E-state index contributed by atoms with van der Waals surface area (Å²) in [5.74, 6) is 0. The highest BCUT2D eigenvalue weighted by Crippen LogP contribution is 1.80. The number of nitrogens with two attached hydrogens (primary N) is 1. The van der Waals surface area contributed by atoms with Gasteiger partial charge in [-0.15, -0.1) is 0 Å². The fourth-order valence-electron chi connectivity index (χ4n) is 0.144. The van der Waals surface area contributed by atoms with Crippen molar-refractivity contribution < 1.29 is 0 Å². The molecule has 2 N–H and O–H groups in total. The number of hydrogen-bond donors (Lipinski definition) is 1. The second kappa shape index (κ2) is 2.39. The fourth-order valence-corrected chi connectivity index (χ4v) is 0.144. The predicted octanol–water partition coefficient (Wildman–Crippen LogP) is 0.550. The Kier molecular flexibility index (Phi) is 2.12. The van der Waals surface area contributed by atoms with E-state index in [1.807, 2.05) is 6.92 Å². The predicted molar refractivity (Wildman–Crippen MR) is 32.4 cm³/mol. The average molecular weight is 98.1 g/mol.